The van der Waals surface area contributed by atoms with Gasteiger partial charge in [0, 0.05) is 37.9 Å². The summed E-state index contributed by atoms with van der Waals surface area (Å²) >= 11 is 5.84. The molecule has 2 fully saturated rings. The van der Waals surface area contributed by atoms with Gasteiger partial charge in [-0.1, -0.05) is 0 Å². The highest BCUT2D eigenvalue weighted by Crippen LogP contribution is 2.23. The van der Waals surface area contributed by atoms with Crippen LogP contribution in [-0.4, -0.2) is 53.1 Å². The monoisotopic (exact) mass is 267 g/mol. The largest absolute Gasteiger partial charge is 0.352 e. The van der Waals surface area contributed by atoms with E-state index in [4.69, 9.17) is 11.6 Å². The predicted molar refractivity (Wildman–Crippen MR) is 67.9 cm³/mol. The van der Waals surface area contributed by atoms with Crippen LogP contribution in [0.2, 0.25) is 5.28 Å². The maximum Gasteiger partial charge on any atom is 0.317 e. The number of fused-ring (bicyclic) bond motifs is 1. The first-order valence-corrected chi connectivity index (χ1v) is 6.31. The number of anilines is 1. The molecule has 3 rings (SSSR count). The van der Waals surface area contributed by atoms with Crippen molar-refractivity contribution in [2.75, 3.05) is 31.1 Å². The molecule has 2 aliphatic heterocycles. The van der Waals surface area contributed by atoms with Crippen LogP contribution < -0.4 is 10.2 Å². The summed E-state index contributed by atoms with van der Waals surface area (Å²) in [4.78, 5) is 23.8. The molecule has 2 amide bonds. The minimum absolute atomic E-state index is 0.0390. The highest BCUT2D eigenvalue weighted by Gasteiger charge is 2.36. The number of nitrogens with one attached hydrogen (secondary N) is 1. The van der Waals surface area contributed by atoms with Gasteiger partial charge in [-0.25, -0.2) is 14.8 Å². The summed E-state index contributed by atoms with van der Waals surface area (Å²) in [7, 11) is 0. The molecule has 0 aromatic carbocycles. The summed E-state index contributed by atoms with van der Waals surface area (Å²) < 4.78 is 0. The standard InChI is InChI=1S/C11H14ClN5O/c1-7-4-13-10(12)15-9(7)16-2-3-17-8(6-16)5-14-11(17)18/h4,8H,2-3,5-6H2,1H3,(H,14,18). The topological polar surface area (TPSA) is 61.4 Å². The van der Waals surface area contributed by atoms with Gasteiger partial charge in [-0.2, -0.15) is 0 Å². The number of aryl methyl sites for hydroxylation is 1. The van der Waals surface area contributed by atoms with Crippen LogP contribution in [0.1, 0.15) is 5.56 Å². The lowest BCUT2D eigenvalue weighted by atomic mass is 10.2. The first-order valence-electron chi connectivity index (χ1n) is 5.93. The third-order valence-corrected chi connectivity index (χ3v) is 3.63. The molecule has 1 aromatic heterocycles. The second-order valence-corrected chi connectivity index (χ2v) is 4.96. The van der Waals surface area contributed by atoms with Crippen LogP contribution in [0.25, 0.3) is 0 Å². The maximum atomic E-state index is 11.5. The minimum Gasteiger partial charge on any atom is -0.352 e. The molecule has 2 saturated heterocycles. The lowest BCUT2D eigenvalue weighted by molar-refractivity contribution is 0.197. The summed E-state index contributed by atoms with van der Waals surface area (Å²) in [6.07, 6.45) is 1.73. The lowest BCUT2D eigenvalue weighted by Gasteiger charge is -2.37. The van der Waals surface area contributed by atoms with Crippen LogP contribution in [0.4, 0.5) is 10.6 Å². The summed E-state index contributed by atoms with van der Waals surface area (Å²) in [5, 5.41) is 3.12. The summed E-state index contributed by atoms with van der Waals surface area (Å²) in [5.74, 6) is 0.869. The molecule has 7 heteroatoms. The summed E-state index contributed by atoms with van der Waals surface area (Å²) in [6, 6.07) is 0.261. The number of urea groups is 1. The maximum absolute atomic E-state index is 11.5. The van der Waals surface area contributed by atoms with E-state index in [9.17, 15) is 4.79 Å². The van der Waals surface area contributed by atoms with Gasteiger partial charge in [-0.05, 0) is 18.5 Å². The number of hydrogen-bond donors (Lipinski definition) is 1. The van der Waals surface area contributed by atoms with Crippen LogP contribution in [0, 0.1) is 6.92 Å². The molecule has 18 heavy (non-hydrogen) atoms. The van der Waals surface area contributed by atoms with E-state index in [1.807, 2.05) is 11.8 Å². The number of carbonyl (C=O) groups excluding carboxylic acids is 1. The molecule has 1 N–H and O–H groups in total. The molecule has 3 heterocycles. The number of piperazine rings is 1. The third-order valence-electron chi connectivity index (χ3n) is 3.45. The zero-order valence-electron chi connectivity index (χ0n) is 10.1. The molecule has 0 saturated carbocycles. The smallest absolute Gasteiger partial charge is 0.317 e. The highest BCUT2D eigenvalue weighted by molar-refractivity contribution is 6.28. The van der Waals surface area contributed by atoms with E-state index in [1.54, 1.807) is 6.20 Å². The number of hydrogen-bond acceptors (Lipinski definition) is 4. The number of nitrogens with zero attached hydrogens (tertiary/aromatic N) is 4. The molecular formula is C11H14ClN5O. The Morgan fingerprint density at radius 2 is 2.33 bits per heavy atom. The van der Waals surface area contributed by atoms with Crippen molar-refractivity contribution < 1.29 is 4.79 Å². The quantitative estimate of drug-likeness (QED) is 0.759. The molecule has 1 atom stereocenters. The van der Waals surface area contributed by atoms with Gasteiger partial charge in [0.25, 0.3) is 0 Å². The van der Waals surface area contributed by atoms with Gasteiger partial charge in [-0.15, -0.1) is 0 Å². The van der Waals surface area contributed by atoms with E-state index < -0.39 is 0 Å². The summed E-state index contributed by atoms with van der Waals surface area (Å²) in [5.41, 5.74) is 1.00. The molecule has 0 bridgehead atoms. The van der Waals surface area contributed by atoms with Gasteiger partial charge < -0.3 is 15.1 Å². The number of amides is 2. The Balaban J connectivity index is 1.82. The zero-order valence-corrected chi connectivity index (χ0v) is 10.8. The average Bonchev–Trinajstić information content (AvgIpc) is 2.74. The van der Waals surface area contributed by atoms with Crippen molar-refractivity contribution >= 4 is 23.4 Å². The molecular weight excluding hydrogens is 254 g/mol. The van der Waals surface area contributed by atoms with Crippen LogP contribution in [0.15, 0.2) is 6.20 Å². The molecule has 2 aliphatic rings. The fraction of sp³-hybridized carbons (Fsp3) is 0.545. The molecule has 0 aliphatic carbocycles. The first-order chi connectivity index (χ1) is 8.65. The molecule has 6 nitrogen and oxygen atoms in total. The molecule has 0 radical (unpaired) electrons. The Kier molecular flexibility index (Phi) is 2.74. The van der Waals surface area contributed by atoms with Gasteiger partial charge in [0.2, 0.25) is 5.28 Å². The Bertz CT molecular complexity index is 494. The van der Waals surface area contributed by atoms with Crippen LogP contribution >= 0.6 is 11.6 Å². The minimum atomic E-state index is 0.0390. The van der Waals surface area contributed by atoms with Crippen molar-refractivity contribution in [2.24, 2.45) is 0 Å². The van der Waals surface area contributed by atoms with E-state index in [1.165, 1.54) is 0 Å². The van der Waals surface area contributed by atoms with Gasteiger partial charge >= 0.3 is 6.03 Å². The number of halogens is 1. The van der Waals surface area contributed by atoms with Crippen LogP contribution in [-0.2, 0) is 0 Å². The van der Waals surface area contributed by atoms with E-state index in [0.29, 0.717) is 6.54 Å². The first kappa shape index (κ1) is 11.5. The number of aromatic nitrogens is 2. The highest BCUT2D eigenvalue weighted by atomic mass is 35.5. The average molecular weight is 268 g/mol. The third kappa shape index (κ3) is 1.86. The Morgan fingerprint density at radius 1 is 1.50 bits per heavy atom. The van der Waals surface area contributed by atoms with Crippen LogP contribution in [0.5, 0.6) is 0 Å². The fourth-order valence-electron chi connectivity index (χ4n) is 2.53. The van der Waals surface area contributed by atoms with Crippen LogP contribution in [0.3, 0.4) is 0 Å². The summed E-state index contributed by atoms with van der Waals surface area (Å²) in [6.45, 7) is 4.95. The van der Waals surface area contributed by atoms with Gasteiger partial charge in [0.05, 0.1) is 6.04 Å². The molecule has 0 spiro atoms. The van der Waals surface area contributed by atoms with Crippen molar-refractivity contribution in [3.8, 4) is 0 Å². The number of rotatable bonds is 1. The van der Waals surface area contributed by atoms with E-state index >= 15 is 0 Å². The number of carbonyl (C=O) groups is 1. The van der Waals surface area contributed by atoms with Crippen molar-refractivity contribution in [1.29, 1.82) is 0 Å². The zero-order chi connectivity index (χ0) is 12.7. The molecule has 1 unspecified atom stereocenters. The van der Waals surface area contributed by atoms with Crippen molar-refractivity contribution in [3.63, 3.8) is 0 Å². The Morgan fingerprint density at radius 3 is 3.17 bits per heavy atom. The van der Waals surface area contributed by atoms with Crippen molar-refractivity contribution in [1.82, 2.24) is 20.2 Å². The van der Waals surface area contributed by atoms with E-state index in [2.05, 4.69) is 20.2 Å². The van der Waals surface area contributed by atoms with Crippen molar-refractivity contribution in [2.45, 2.75) is 13.0 Å². The van der Waals surface area contributed by atoms with Gasteiger partial charge in [0.15, 0.2) is 0 Å². The van der Waals surface area contributed by atoms with Gasteiger partial charge in [-0.3, -0.25) is 0 Å². The second-order valence-electron chi connectivity index (χ2n) is 4.62. The SMILES string of the molecule is Cc1cnc(Cl)nc1N1CCN2C(=O)NCC2C1. The second kappa shape index (κ2) is 4.28. The van der Waals surface area contributed by atoms with Gasteiger partial charge in [0.1, 0.15) is 5.82 Å². The fourth-order valence-corrected chi connectivity index (χ4v) is 2.66. The molecule has 1 aromatic rings. The van der Waals surface area contributed by atoms with E-state index in [0.717, 1.165) is 31.0 Å². The predicted octanol–water partition coefficient (Wildman–Crippen LogP) is 0.652. The normalized spacial score (nSPS) is 23.0. The van der Waals surface area contributed by atoms with Crippen molar-refractivity contribution in [3.05, 3.63) is 17.0 Å². The Hall–Kier alpha value is -1.56. The van der Waals surface area contributed by atoms with E-state index in [-0.39, 0.29) is 17.4 Å². The Labute approximate surface area is 110 Å². The lowest BCUT2D eigenvalue weighted by Crippen LogP contribution is -2.52. The molecule has 96 valence electrons.